The number of rotatable bonds is 3. The number of hydrogen-bond donors (Lipinski definition) is 1. The molecule has 2 aromatic rings. The Morgan fingerprint density at radius 1 is 1.16 bits per heavy atom. The molecule has 0 atom stereocenters. The van der Waals surface area contributed by atoms with Crippen molar-refractivity contribution in [1.29, 1.82) is 0 Å². The van der Waals surface area contributed by atoms with Crippen LogP contribution in [0.25, 0.3) is 0 Å². The number of aromatic nitrogens is 2. The highest BCUT2D eigenvalue weighted by Gasteiger charge is 2.24. The first kappa shape index (κ1) is 13.7. The topological polar surface area (TPSA) is 43.8 Å². The Balaban J connectivity index is 2.42. The van der Waals surface area contributed by atoms with Crippen LogP contribution in [0.3, 0.4) is 0 Å². The molecule has 0 radical (unpaired) electrons. The van der Waals surface area contributed by atoms with Crippen LogP contribution in [-0.4, -0.2) is 9.55 Å². The maximum Gasteiger partial charge on any atom is 0.127 e. The van der Waals surface area contributed by atoms with Gasteiger partial charge in [-0.2, -0.15) is 0 Å². The van der Waals surface area contributed by atoms with E-state index in [1.807, 2.05) is 6.07 Å². The molecule has 0 aliphatic rings. The van der Waals surface area contributed by atoms with Gasteiger partial charge in [0.05, 0.1) is 12.2 Å². The fourth-order valence-electron chi connectivity index (χ4n) is 2.28. The minimum atomic E-state index is -0.0179. The summed E-state index contributed by atoms with van der Waals surface area (Å²) in [5, 5.41) is 0. The minimum absolute atomic E-state index is 0.0179. The smallest absolute Gasteiger partial charge is 0.127 e. The lowest BCUT2D eigenvalue weighted by molar-refractivity contribution is 0.573. The number of nitrogens with two attached hydrogens (primary N) is 1. The van der Waals surface area contributed by atoms with Crippen molar-refractivity contribution < 1.29 is 0 Å². The average molecular weight is 257 g/mol. The monoisotopic (exact) mass is 257 g/mol. The second kappa shape index (κ2) is 5.08. The zero-order valence-corrected chi connectivity index (χ0v) is 12.3. The van der Waals surface area contributed by atoms with E-state index >= 15 is 0 Å². The van der Waals surface area contributed by atoms with E-state index in [4.69, 9.17) is 10.7 Å². The van der Waals surface area contributed by atoms with Gasteiger partial charge in [-0.15, -0.1) is 0 Å². The summed E-state index contributed by atoms with van der Waals surface area (Å²) >= 11 is 0. The highest BCUT2D eigenvalue weighted by Crippen LogP contribution is 2.28. The van der Waals surface area contributed by atoms with E-state index in [0.717, 1.165) is 30.3 Å². The third-order valence-electron chi connectivity index (χ3n) is 3.30. The molecular formula is C16H23N3. The molecule has 0 saturated carbocycles. The minimum Gasteiger partial charge on any atom is -0.384 e. The summed E-state index contributed by atoms with van der Waals surface area (Å²) in [6.07, 6.45) is 0.896. The molecule has 0 spiro atoms. The predicted molar refractivity (Wildman–Crippen MR) is 80.3 cm³/mol. The second-order valence-electron chi connectivity index (χ2n) is 5.94. The van der Waals surface area contributed by atoms with Crippen LogP contribution < -0.4 is 5.73 Å². The molecule has 19 heavy (non-hydrogen) atoms. The summed E-state index contributed by atoms with van der Waals surface area (Å²) in [6.45, 7) is 9.36. The van der Waals surface area contributed by atoms with Crippen molar-refractivity contribution in [2.24, 2.45) is 0 Å². The molecule has 0 aliphatic heterocycles. The first-order valence-electron chi connectivity index (χ1n) is 6.82. The standard InChI is InChI=1S/C16H23N3/c1-5-13-18-14(16(2,3)4)15(17)19(13)11-12-9-7-6-8-10-12/h6-10H,5,11,17H2,1-4H3. The zero-order valence-electron chi connectivity index (χ0n) is 12.3. The number of anilines is 1. The summed E-state index contributed by atoms with van der Waals surface area (Å²) in [6, 6.07) is 10.4. The van der Waals surface area contributed by atoms with Crippen LogP contribution in [0.4, 0.5) is 5.82 Å². The molecule has 2 N–H and O–H groups in total. The average Bonchev–Trinajstić information content (AvgIpc) is 2.68. The van der Waals surface area contributed by atoms with Gasteiger partial charge in [0, 0.05) is 11.8 Å². The van der Waals surface area contributed by atoms with E-state index in [0.29, 0.717) is 0 Å². The second-order valence-corrected chi connectivity index (χ2v) is 5.94. The van der Waals surface area contributed by atoms with Crippen LogP contribution >= 0.6 is 0 Å². The highest BCUT2D eigenvalue weighted by molar-refractivity contribution is 5.43. The van der Waals surface area contributed by atoms with Crippen LogP contribution in [-0.2, 0) is 18.4 Å². The van der Waals surface area contributed by atoms with E-state index < -0.39 is 0 Å². The summed E-state index contributed by atoms with van der Waals surface area (Å²) < 4.78 is 2.13. The molecule has 1 heterocycles. The van der Waals surface area contributed by atoms with Crippen molar-refractivity contribution in [3.05, 3.63) is 47.4 Å². The lowest BCUT2D eigenvalue weighted by atomic mass is 9.92. The summed E-state index contributed by atoms with van der Waals surface area (Å²) in [7, 11) is 0. The number of nitrogen functional groups attached to an aromatic ring is 1. The quantitative estimate of drug-likeness (QED) is 0.916. The SMILES string of the molecule is CCc1nc(C(C)(C)C)c(N)n1Cc1ccccc1. The van der Waals surface area contributed by atoms with Gasteiger partial charge >= 0.3 is 0 Å². The van der Waals surface area contributed by atoms with Crippen LogP contribution in [0.2, 0.25) is 0 Å². The Morgan fingerprint density at radius 3 is 2.32 bits per heavy atom. The summed E-state index contributed by atoms with van der Waals surface area (Å²) in [5.74, 6) is 1.86. The van der Waals surface area contributed by atoms with Crippen molar-refractivity contribution >= 4 is 5.82 Å². The van der Waals surface area contributed by atoms with Crippen LogP contribution in [0.1, 0.15) is 44.8 Å². The van der Waals surface area contributed by atoms with Crippen LogP contribution in [0.15, 0.2) is 30.3 Å². The molecule has 0 aliphatic carbocycles. The van der Waals surface area contributed by atoms with Crippen LogP contribution in [0.5, 0.6) is 0 Å². The fraction of sp³-hybridized carbons (Fsp3) is 0.438. The molecule has 0 bridgehead atoms. The van der Waals surface area contributed by atoms with Gasteiger partial charge in [0.15, 0.2) is 0 Å². The van der Waals surface area contributed by atoms with Crippen molar-refractivity contribution in [2.45, 2.75) is 46.1 Å². The lowest BCUT2D eigenvalue weighted by Crippen LogP contribution is -2.15. The molecule has 0 saturated heterocycles. The lowest BCUT2D eigenvalue weighted by Gasteiger charge is -2.16. The molecular weight excluding hydrogens is 234 g/mol. The Hall–Kier alpha value is -1.77. The first-order valence-corrected chi connectivity index (χ1v) is 6.82. The fourth-order valence-corrected chi connectivity index (χ4v) is 2.28. The Morgan fingerprint density at radius 2 is 1.79 bits per heavy atom. The molecule has 0 unspecified atom stereocenters. The molecule has 1 aromatic carbocycles. The number of nitrogens with zero attached hydrogens (tertiary/aromatic N) is 2. The van der Waals surface area contributed by atoms with Crippen molar-refractivity contribution in [3.8, 4) is 0 Å². The van der Waals surface area contributed by atoms with Gasteiger partial charge in [0.1, 0.15) is 11.6 Å². The van der Waals surface area contributed by atoms with Gasteiger partial charge in [0.2, 0.25) is 0 Å². The first-order chi connectivity index (χ1) is 8.93. The van der Waals surface area contributed by atoms with E-state index in [1.54, 1.807) is 0 Å². The number of hydrogen-bond acceptors (Lipinski definition) is 2. The van der Waals surface area contributed by atoms with Gasteiger partial charge in [0.25, 0.3) is 0 Å². The van der Waals surface area contributed by atoms with Crippen molar-refractivity contribution in [1.82, 2.24) is 9.55 Å². The molecule has 0 fully saturated rings. The Labute approximate surface area is 115 Å². The summed E-state index contributed by atoms with van der Waals surface area (Å²) in [4.78, 5) is 4.73. The molecule has 0 amide bonds. The van der Waals surface area contributed by atoms with Gasteiger partial charge in [-0.05, 0) is 5.56 Å². The van der Waals surface area contributed by atoms with E-state index in [1.165, 1.54) is 5.56 Å². The largest absolute Gasteiger partial charge is 0.384 e. The highest BCUT2D eigenvalue weighted by atomic mass is 15.1. The summed E-state index contributed by atoms with van der Waals surface area (Å²) in [5.41, 5.74) is 8.55. The van der Waals surface area contributed by atoms with Gasteiger partial charge in [-0.3, -0.25) is 0 Å². The molecule has 3 nitrogen and oxygen atoms in total. The molecule has 102 valence electrons. The number of imidazole rings is 1. The Kier molecular flexibility index (Phi) is 3.65. The normalized spacial score (nSPS) is 11.8. The van der Waals surface area contributed by atoms with Crippen molar-refractivity contribution in [2.75, 3.05) is 5.73 Å². The maximum absolute atomic E-state index is 6.31. The van der Waals surface area contributed by atoms with Gasteiger partial charge < -0.3 is 10.3 Å². The zero-order chi connectivity index (χ0) is 14.0. The molecule has 2 rings (SSSR count). The van der Waals surface area contributed by atoms with E-state index in [2.05, 4.69) is 56.5 Å². The third kappa shape index (κ3) is 2.80. The molecule has 3 heteroatoms. The van der Waals surface area contributed by atoms with E-state index in [9.17, 15) is 0 Å². The van der Waals surface area contributed by atoms with Crippen LogP contribution in [0, 0.1) is 0 Å². The van der Waals surface area contributed by atoms with E-state index in [-0.39, 0.29) is 5.41 Å². The van der Waals surface area contributed by atoms with Gasteiger partial charge in [-0.1, -0.05) is 58.0 Å². The Bertz CT molecular complexity index is 547. The number of benzene rings is 1. The van der Waals surface area contributed by atoms with Crippen molar-refractivity contribution in [3.63, 3.8) is 0 Å². The third-order valence-corrected chi connectivity index (χ3v) is 3.30. The molecule has 1 aromatic heterocycles. The number of aryl methyl sites for hydroxylation is 1. The maximum atomic E-state index is 6.31. The predicted octanol–water partition coefficient (Wildman–Crippen LogP) is 3.37. The van der Waals surface area contributed by atoms with Gasteiger partial charge in [-0.25, -0.2) is 4.98 Å².